The lowest BCUT2D eigenvalue weighted by Crippen LogP contribution is -2.49. The molecule has 2 aromatic rings. The minimum Gasteiger partial charge on any atom is -0.427 e. The molecule has 0 saturated heterocycles. The highest BCUT2D eigenvalue weighted by molar-refractivity contribution is 6.47. The molecule has 0 saturated carbocycles. The molecule has 0 aliphatic carbocycles. The van der Waals surface area contributed by atoms with Gasteiger partial charge in [-0.2, -0.15) is 0 Å². The standard InChI is InChI=1S/C18H25BN2O2/c1-12-11-13(2)21-16(20-12)14-7-9-15(10-8-14)19-23-18(5,6)17(3,4)22/h7-11,19,22H,1-6H3. The molecule has 0 amide bonds. The lowest BCUT2D eigenvalue weighted by Gasteiger charge is -2.37. The molecule has 0 fully saturated rings. The third kappa shape index (κ3) is 4.39. The average Bonchev–Trinajstić information content (AvgIpc) is 2.43. The highest BCUT2D eigenvalue weighted by Gasteiger charge is 2.35. The first-order valence-electron chi connectivity index (χ1n) is 7.86. The van der Waals surface area contributed by atoms with Gasteiger partial charge in [0.1, 0.15) is 0 Å². The highest BCUT2D eigenvalue weighted by atomic mass is 16.5. The Morgan fingerprint density at radius 3 is 1.96 bits per heavy atom. The average molecular weight is 312 g/mol. The van der Waals surface area contributed by atoms with Gasteiger partial charge in [-0.05, 0) is 47.6 Å². The van der Waals surface area contributed by atoms with E-state index in [4.69, 9.17) is 4.65 Å². The van der Waals surface area contributed by atoms with Gasteiger partial charge in [0, 0.05) is 17.0 Å². The number of benzene rings is 1. The fourth-order valence-electron chi connectivity index (χ4n) is 2.05. The van der Waals surface area contributed by atoms with E-state index in [9.17, 15) is 5.11 Å². The van der Waals surface area contributed by atoms with E-state index in [0.717, 1.165) is 28.2 Å². The molecule has 0 unspecified atom stereocenters. The van der Waals surface area contributed by atoms with Crippen molar-refractivity contribution in [3.05, 3.63) is 41.7 Å². The van der Waals surface area contributed by atoms with Gasteiger partial charge in [0.05, 0.1) is 11.2 Å². The van der Waals surface area contributed by atoms with Gasteiger partial charge < -0.3 is 9.76 Å². The Morgan fingerprint density at radius 2 is 1.48 bits per heavy atom. The monoisotopic (exact) mass is 312 g/mol. The van der Waals surface area contributed by atoms with E-state index in [1.54, 1.807) is 13.8 Å². The van der Waals surface area contributed by atoms with Crippen molar-refractivity contribution in [3.8, 4) is 11.4 Å². The van der Waals surface area contributed by atoms with Crippen molar-refractivity contribution in [2.24, 2.45) is 0 Å². The predicted molar refractivity (Wildman–Crippen MR) is 95.2 cm³/mol. The number of aliphatic hydroxyl groups is 1. The van der Waals surface area contributed by atoms with Crippen molar-refractivity contribution < 1.29 is 9.76 Å². The van der Waals surface area contributed by atoms with Crippen molar-refractivity contribution in [2.75, 3.05) is 0 Å². The second kappa shape index (κ2) is 6.42. The normalized spacial score (nSPS) is 12.3. The van der Waals surface area contributed by atoms with Crippen LogP contribution < -0.4 is 5.46 Å². The Labute approximate surface area is 139 Å². The molecule has 23 heavy (non-hydrogen) atoms. The molecule has 0 aliphatic heterocycles. The molecule has 0 atom stereocenters. The van der Waals surface area contributed by atoms with Crippen molar-refractivity contribution in [3.63, 3.8) is 0 Å². The van der Waals surface area contributed by atoms with Crippen LogP contribution in [0.3, 0.4) is 0 Å². The summed E-state index contributed by atoms with van der Waals surface area (Å²) >= 11 is 0. The van der Waals surface area contributed by atoms with E-state index in [0.29, 0.717) is 7.48 Å². The molecule has 0 radical (unpaired) electrons. The summed E-state index contributed by atoms with van der Waals surface area (Å²) in [6.45, 7) is 11.2. The predicted octanol–water partition coefficient (Wildman–Crippen LogP) is 2.30. The summed E-state index contributed by atoms with van der Waals surface area (Å²) in [7, 11) is 0.449. The lowest BCUT2D eigenvalue weighted by molar-refractivity contribution is -0.0893. The fraction of sp³-hybridized carbons (Fsp3) is 0.444. The van der Waals surface area contributed by atoms with Crippen molar-refractivity contribution >= 4 is 12.9 Å². The Morgan fingerprint density at radius 1 is 0.957 bits per heavy atom. The van der Waals surface area contributed by atoms with Crippen LogP contribution in [0.5, 0.6) is 0 Å². The first-order chi connectivity index (χ1) is 10.6. The largest absolute Gasteiger partial charge is 0.427 e. The highest BCUT2D eigenvalue weighted by Crippen LogP contribution is 2.24. The first kappa shape index (κ1) is 17.6. The van der Waals surface area contributed by atoms with Gasteiger partial charge in [0.15, 0.2) is 5.82 Å². The number of nitrogens with zero attached hydrogens (tertiary/aromatic N) is 2. The first-order valence-corrected chi connectivity index (χ1v) is 7.86. The molecule has 2 rings (SSSR count). The molecule has 1 aromatic carbocycles. The third-order valence-corrected chi connectivity index (χ3v) is 4.27. The van der Waals surface area contributed by atoms with Crippen LogP contribution in [-0.4, -0.2) is 33.8 Å². The van der Waals surface area contributed by atoms with Gasteiger partial charge in [-0.25, -0.2) is 9.97 Å². The van der Waals surface area contributed by atoms with E-state index in [1.165, 1.54) is 0 Å². The summed E-state index contributed by atoms with van der Waals surface area (Å²) in [5, 5.41) is 10.1. The van der Waals surface area contributed by atoms with Gasteiger partial charge in [0.2, 0.25) is 0 Å². The van der Waals surface area contributed by atoms with E-state index in [1.807, 2.05) is 58.0 Å². The maximum Gasteiger partial charge on any atom is 0.309 e. The minimum atomic E-state index is -0.903. The molecule has 1 aromatic heterocycles. The Balaban J connectivity index is 2.11. The third-order valence-electron chi connectivity index (χ3n) is 4.27. The molecule has 0 spiro atoms. The van der Waals surface area contributed by atoms with E-state index < -0.39 is 11.2 Å². The van der Waals surface area contributed by atoms with Gasteiger partial charge in [0.25, 0.3) is 0 Å². The van der Waals surface area contributed by atoms with Crippen molar-refractivity contribution in [2.45, 2.75) is 52.7 Å². The van der Waals surface area contributed by atoms with Crippen LogP contribution >= 0.6 is 0 Å². The topological polar surface area (TPSA) is 55.2 Å². The molecule has 5 heteroatoms. The summed E-state index contributed by atoms with van der Waals surface area (Å²) in [5.41, 5.74) is 2.44. The Bertz CT molecular complexity index is 656. The minimum absolute atomic E-state index is 0.449. The van der Waals surface area contributed by atoms with Crippen LogP contribution in [0.4, 0.5) is 0 Å². The lowest BCUT2D eigenvalue weighted by atomic mass is 9.82. The number of rotatable bonds is 5. The van der Waals surface area contributed by atoms with Gasteiger partial charge in [-0.3, -0.25) is 0 Å². The molecule has 1 heterocycles. The van der Waals surface area contributed by atoms with Crippen LogP contribution in [0.25, 0.3) is 11.4 Å². The van der Waals surface area contributed by atoms with E-state index >= 15 is 0 Å². The van der Waals surface area contributed by atoms with Crippen LogP contribution in [0.15, 0.2) is 30.3 Å². The zero-order valence-corrected chi connectivity index (χ0v) is 14.8. The summed E-state index contributed by atoms with van der Waals surface area (Å²) < 4.78 is 5.88. The Kier molecular flexibility index (Phi) is 4.92. The van der Waals surface area contributed by atoms with Crippen molar-refractivity contribution in [1.82, 2.24) is 9.97 Å². The SMILES string of the molecule is Cc1cc(C)nc(-c2ccc(BOC(C)(C)C(C)(C)O)cc2)n1. The fourth-order valence-corrected chi connectivity index (χ4v) is 2.05. The van der Waals surface area contributed by atoms with Crippen molar-refractivity contribution in [1.29, 1.82) is 0 Å². The zero-order valence-electron chi connectivity index (χ0n) is 14.8. The van der Waals surface area contributed by atoms with Gasteiger partial charge >= 0.3 is 7.48 Å². The molecule has 1 N–H and O–H groups in total. The number of hydrogen-bond acceptors (Lipinski definition) is 4. The summed E-state index contributed by atoms with van der Waals surface area (Å²) in [4.78, 5) is 8.95. The summed E-state index contributed by atoms with van der Waals surface area (Å²) in [6.07, 6.45) is 0. The number of aromatic nitrogens is 2. The summed E-state index contributed by atoms with van der Waals surface area (Å²) in [6, 6.07) is 9.99. The van der Waals surface area contributed by atoms with Crippen LogP contribution in [0, 0.1) is 13.8 Å². The smallest absolute Gasteiger partial charge is 0.309 e. The molecular weight excluding hydrogens is 287 g/mol. The molecule has 122 valence electrons. The zero-order chi connectivity index (χ0) is 17.3. The second-order valence-corrected chi connectivity index (χ2v) is 7.03. The maximum atomic E-state index is 10.1. The van der Waals surface area contributed by atoms with Crippen LogP contribution in [-0.2, 0) is 4.65 Å². The number of aryl methyl sites for hydroxylation is 2. The van der Waals surface area contributed by atoms with Gasteiger partial charge in [-0.1, -0.05) is 29.7 Å². The molecule has 4 nitrogen and oxygen atoms in total. The maximum absolute atomic E-state index is 10.1. The second-order valence-electron chi connectivity index (χ2n) is 7.03. The van der Waals surface area contributed by atoms with E-state index in [-0.39, 0.29) is 0 Å². The molecule has 0 aliphatic rings. The quantitative estimate of drug-likeness (QED) is 0.861. The van der Waals surface area contributed by atoms with E-state index in [2.05, 4.69) is 9.97 Å². The summed E-state index contributed by atoms with van der Waals surface area (Å²) in [5.74, 6) is 0.742. The van der Waals surface area contributed by atoms with Gasteiger partial charge in [-0.15, -0.1) is 0 Å². The van der Waals surface area contributed by atoms with Crippen LogP contribution in [0.1, 0.15) is 39.1 Å². The Hall–Kier alpha value is -1.72. The molecule has 0 bridgehead atoms. The number of hydrogen-bond donors (Lipinski definition) is 1. The van der Waals surface area contributed by atoms with Crippen LogP contribution in [0.2, 0.25) is 0 Å². The molecular formula is C18H25BN2O2.